The van der Waals surface area contributed by atoms with E-state index in [9.17, 15) is 0 Å². The molecule has 0 N–H and O–H groups in total. The summed E-state index contributed by atoms with van der Waals surface area (Å²) in [5.41, 5.74) is 5.56. The number of allylic oxidation sites excluding steroid dienone is 1. The highest BCUT2D eigenvalue weighted by atomic mass is 14.1. The molecule has 0 spiro atoms. The van der Waals surface area contributed by atoms with Gasteiger partial charge in [0, 0.05) is 0 Å². The van der Waals surface area contributed by atoms with Crippen LogP contribution in [0.2, 0.25) is 0 Å². The Hall–Kier alpha value is -1.04. The van der Waals surface area contributed by atoms with Crippen molar-refractivity contribution in [2.24, 2.45) is 5.92 Å². The molecule has 0 heterocycles. The van der Waals surface area contributed by atoms with Gasteiger partial charge in [0.05, 0.1) is 0 Å². The van der Waals surface area contributed by atoms with Crippen LogP contribution in [0.1, 0.15) is 69.6 Å². The molecule has 0 aromatic heterocycles. The predicted octanol–water partition coefficient (Wildman–Crippen LogP) is 6.18. The van der Waals surface area contributed by atoms with Gasteiger partial charge in [-0.15, -0.1) is 0 Å². The Kier molecular flexibility index (Phi) is 6.91. The van der Waals surface area contributed by atoms with Gasteiger partial charge in [0.25, 0.3) is 0 Å². The first kappa shape index (κ1) is 16.0. The average molecular weight is 258 g/mol. The molecular weight excluding hydrogens is 228 g/mol. The molecule has 0 nitrogen and oxygen atoms in total. The molecule has 0 amide bonds. The third-order valence-electron chi connectivity index (χ3n) is 4.10. The maximum absolute atomic E-state index is 4.31. The first-order chi connectivity index (χ1) is 9.10. The summed E-state index contributed by atoms with van der Waals surface area (Å²) in [6, 6.07) is 6.90. The summed E-state index contributed by atoms with van der Waals surface area (Å²) >= 11 is 0. The topological polar surface area (TPSA) is 0 Å². The summed E-state index contributed by atoms with van der Waals surface area (Å²) in [4.78, 5) is 0. The summed E-state index contributed by atoms with van der Waals surface area (Å²) in [5, 5.41) is 0. The van der Waals surface area contributed by atoms with Crippen molar-refractivity contribution >= 4 is 5.57 Å². The normalized spacial score (nSPS) is 12.4. The SMILES string of the molecule is C=C(c1ccc(CCCC)c(C)c1)C(C)CCCC. The van der Waals surface area contributed by atoms with E-state index in [1.807, 2.05) is 0 Å². The Bertz CT molecular complexity index is 400. The highest BCUT2D eigenvalue weighted by Crippen LogP contribution is 2.27. The number of benzene rings is 1. The molecule has 1 aromatic carbocycles. The van der Waals surface area contributed by atoms with Crippen molar-refractivity contribution in [3.8, 4) is 0 Å². The third-order valence-corrected chi connectivity index (χ3v) is 4.10. The van der Waals surface area contributed by atoms with Gasteiger partial charge in [-0.1, -0.05) is 64.8 Å². The van der Waals surface area contributed by atoms with Crippen LogP contribution in [-0.2, 0) is 6.42 Å². The molecule has 0 saturated carbocycles. The third kappa shape index (κ3) is 4.86. The lowest BCUT2D eigenvalue weighted by atomic mass is 9.89. The lowest BCUT2D eigenvalue weighted by Crippen LogP contribution is -1.99. The minimum atomic E-state index is 0.598. The molecule has 0 heteroatoms. The van der Waals surface area contributed by atoms with Crippen molar-refractivity contribution in [1.82, 2.24) is 0 Å². The zero-order chi connectivity index (χ0) is 14.3. The molecule has 19 heavy (non-hydrogen) atoms. The van der Waals surface area contributed by atoms with Crippen LogP contribution in [0.25, 0.3) is 5.57 Å². The lowest BCUT2D eigenvalue weighted by Gasteiger charge is -2.16. The molecule has 0 aliphatic carbocycles. The van der Waals surface area contributed by atoms with E-state index in [1.54, 1.807) is 0 Å². The van der Waals surface area contributed by atoms with Crippen LogP contribution in [0.3, 0.4) is 0 Å². The average Bonchev–Trinajstić information content (AvgIpc) is 2.42. The van der Waals surface area contributed by atoms with Gasteiger partial charge < -0.3 is 0 Å². The minimum absolute atomic E-state index is 0.598. The van der Waals surface area contributed by atoms with Crippen molar-refractivity contribution in [3.05, 3.63) is 41.5 Å². The highest BCUT2D eigenvalue weighted by Gasteiger charge is 2.09. The van der Waals surface area contributed by atoms with Crippen molar-refractivity contribution in [1.29, 1.82) is 0 Å². The Morgan fingerprint density at radius 3 is 2.42 bits per heavy atom. The monoisotopic (exact) mass is 258 g/mol. The van der Waals surface area contributed by atoms with Crippen molar-refractivity contribution in [3.63, 3.8) is 0 Å². The maximum atomic E-state index is 4.31. The molecule has 0 fully saturated rings. The zero-order valence-corrected chi connectivity index (χ0v) is 13.3. The molecule has 1 rings (SSSR count). The summed E-state index contributed by atoms with van der Waals surface area (Å²) in [7, 11) is 0. The fourth-order valence-electron chi connectivity index (χ4n) is 2.51. The lowest BCUT2D eigenvalue weighted by molar-refractivity contribution is 0.611. The van der Waals surface area contributed by atoms with Gasteiger partial charge in [-0.25, -0.2) is 0 Å². The second-order valence-electron chi connectivity index (χ2n) is 5.81. The van der Waals surface area contributed by atoms with E-state index in [0.29, 0.717) is 5.92 Å². The summed E-state index contributed by atoms with van der Waals surface area (Å²) in [6.07, 6.45) is 7.59. The van der Waals surface area contributed by atoms with Gasteiger partial charge >= 0.3 is 0 Å². The molecule has 1 atom stereocenters. The number of hydrogen-bond acceptors (Lipinski definition) is 0. The van der Waals surface area contributed by atoms with Crippen molar-refractivity contribution in [2.75, 3.05) is 0 Å². The maximum Gasteiger partial charge on any atom is -0.0190 e. The van der Waals surface area contributed by atoms with Crippen LogP contribution >= 0.6 is 0 Å². The second-order valence-corrected chi connectivity index (χ2v) is 5.81. The number of rotatable bonds is 8. The fourth-order valence-corrected chi connectivity index (χ4v) is 2.51. The van der Waals surface area contributed by atoms with E-state index in [0.717, 1.165) is 0 Å². The van der Waals surface area contributed by atoms with Gasteiger partial charge in [-0.2, -0.15) is 0 Å². The van der Waals surface area contributed by atoms with Crippen LogP contribution < -0.4 is 0 Å². The van der Waals surface area contributed by atoms with E-state index in [4.69, 9.17) is 0 Å². The Morgan fingerprint density at radius 1 is 1.16 bits per heavy atom. The Balaban J connectivity index is 2.73. The standard InChI is InChI=1S/C19H30/c1-6-8-10-15(3)17(5)19-13-12-18(11-9-7-2)16(4)14-19/h12-15H,5-11H2,1-4H3. The van der Waals surface area contributed by atoms with Crippen molar-refractivity contribution < 1.29 is 0 Å². The van der Waals surface area contributed by atoms with Gasteiger partial charge in [-0.05, 0) is 54.4 Å². The molecule has 0 radical (unpaired) electrons. The minimum Gasteiger partial charge on any atom is -0.0950 e. The van der Waals surface area contributed by atoms with E-state index >= 15 is 0 Å². The molecule has 0 bridgehead atoms. The fraction of sp³-hybridized carbons (Fsp3) is 0.579. The quantitative estimate of drug-likeness (QED) is 0.522. The van der Waals surface area contributed by atoms with E-state index in [-0.39, 0.29) is 0 Å². The molecule has 0 aliphatic heterocycles. The number of hydrogen-bond donors (Lipinski definition) is 0. The Morgan fingerprint density at radius 2 is 1.84 bits per heavy atom. The van der Waals surface area contributed by atoms with Gasteiger partial charge in [0.2, 0.25) is 0 Å². The van der Waals surface area contributed by atoms with Crippen LogP contribution in [0, 0.1) is 12.8 Å². The smallest absolute Gasteiger partial charge is 0.0190 e. The highest BCUT2D eigenvalue weighted by molar-refractivity contribution is 5.66. The zero-order valence-electron chi connectivity index (χ0n) is 13.3. The first-order valence-electron chi connectivity index (χ1n) is 7.88. The molecule has 1 aromatic rings. The van der Waals surface area contributed by atoms with Crippen LogP contribution in [0.15, 0.2) is 24.8 Å². The molecule has 1 unspecified atom stereocenters. The molecule has 106 valence electrons. The summed E-state index contributed by atoms with van der Waals surface area (Å²) in [5.74, 6) is 0.598. The molecule has 0 aliphatic rings. The van der Waals surface area contributed by atoms with Crippen LogP contribution in [-0.4, -0.2) is 0 Å². The molecule has 0 saturated heterocycles. The summed E-state index contributed by atoms with van der Waals surface area (Å²) < 4.78 is 0. The van der Waals surface area contributed by atoms with Gasteiger partial charge in [-0.3, -0.25) is 0 Å². The van der Waals surface area contributed by atoms with E-state index in [1.165, 1.54) is 60.8 Å². The van der Waals surface area contributed by atoms with Crippen LogP contribution in [0.5, 0.6) is 0 Å². The molecular formula is C19H30. The van der Waals surface area contributed by atoms with Gasteiger partial charge in [0.15, 0.2) is 0 Å². The van der Waals surface area contributed by atoms with E-state index < -0.39 is 0 Å². The van der Waals surface area contributed by atoms with Crippen molar-refractivity contribution in [2.45, 2.75) is 66.2 Å². The predicted molar refractivity (Wildman–Crippen MR) is 87.5 cm³/mol. The van der Waals surface area contributed by atoms with E-state index in [2.05, 4.69) is 52.5 Å². The van der Waals surface area contributed by atoms with Gasteiger partial charge in [0.1, 0.15) is 0 Å². The Labute approximate surface area is 119 Å². The summed E-state index contributed by atoms with van der Waals surface area (Å²) in [6.45, 7) is 13.4. The number of unbranched alkanes of at least 4 members (excludes halogenated alkanes) is 2. The first-order valence-corrected chi connectivity index (χ1v) is 7.88. The largest absolute Gasteiger partial charge is 0.0950 e. The second kappa shape index (κ2) is 8.19. The number of aryl methyl sites for hydroxylation is 2. The van der Waals surface area contributed by atoms with Crippen LogP contribution in [0.4, 0.5) is 0 Å².